The molecule has 184 valence electrons. The van der Waals surface area contributed by atoms with Crippen molar-refractivity contribution in [3.05, 3.63) is 32.8 Å². The fourth-order valence-corrected chi connectivity index (χ4v) is 5.49. The van der Waals surface area contributed by atoms with Gasteiger partial charge in [0.15, 0.2) is 0 Å². The summed E-state index contributed by atoms with van der Waals surface area (Å²) in [4.78, 5) is 26.1. The van der Waals surface area contributed by atoms with Crippen molar-refractivity contribution < 1.29 is 19.6 Å². The number of amides is 1. The maximum Gasteiger partial charge on any atom is 0.276 e. The summed E-state index contributed by atoms with van der Waals surface area (Å²) in [6.07, 6.45) is 12.9. The quantitative estimate of drug-likeness (QED) is 0.239. The van der Waals surface area contributed by atoms with Gasteiger partial charge in [-0.05, 0) is 51.5 Å². The molecule has 2 saturated carbocycles. The Hall–Kier alpha value is -1.86. The largest absolute Gasteiger partial charge is 0.492 e. The Morgan fingerprint density at radius 1 is 1.12 bits per heavy atom. The molecule has 2 fully saturated rings. The number of nitro benzene ring substituents is 1. The van der Waals surface area contributed by atoms with Gasteiger partial charge >= 0.3 is 0 Å². The van der Waals surface area contributed by atoms with E-state index in [0.717, 1.165) is 32.1 Å². The molecule has 2 aliphatic rings. The highest BCUT2D eigenvalue weighted by Crippen LogP contribution is 2.36. The van der Waals surface area contributed by atoms with Crippen LogP contribution in [0.4, 0.5) is 5.69 Å². The smallest absolute Gasteiger partial charge is 0.276 e. The maximum atomic E-state index is 13.2. The first-order chi connectivity index (χ1) is 15.9. The van der Waals surface area contributed by atoms with Crippen LogP contribution in [0, 0.1) is 10.1 Å². The van der Waals surface area contributed by atoms with Gasteiger partial charge in [-0.3, -0.25) is 14.9 Å². The number of carbonyl (C=O) groups excluding carboxylic acids is 1. The van der Waals surface area contributed by atoms with Gasteiger partial charge in [0.1, 0.15) is 5.75 Å². The van der Waals surface area contributed by atoms with Crippen molar-refractivity contribution >= 4 is 23.2 Å². The molecule has 7 nitrogen and oxygen atoms in total. The minimum absolute atomic E-state index is 0.142. The molecule has 2 aliphatic carbocycles. The first kappa shape index (κ1) is 25.8. The maximum absolute atomic E-state index is 13.2. The number of nitrogens with zero attached hydrogens (tertiary/aromatic N) is 2. The molecular formula is C25H37ClN2O5. The fourth-order valence-electron chi connectivity index (χ4n) is 5.28. The lowest BCUT2D eigenvalue weighted by Gasteiger charge is -2.42. The molecule has 8 heteroatoms. The minimum atomic E-state index is -1.01. The van der Waals surface area contributed by atoms with Crippen LogP contribution < -0.4 is 4.74 Å². The van der Waals surface area contributed by atoms with Crippen LogP contribution in [-0.2, 0) is 4.79 Å². The Kier molecular flexibility index (Phi) is 9.80. The van der Waals surface area contributed by atoms with Gasteiger partial charge in [-0.1, -0.05) is 50.1 Å². The molecule has 1 atom stereocenters. The highest BCUT2D eigenvalue weighted by atomic mass is 35.5. The number of rotatable bonds is 10. The molecule has 0 radical (unpaired) electrons. The van der Waals surface area contributed by atoms with Crippen LogP contribution in [0.3, 0.4) is 0 Å². The van der Waals surface area contributed by atoms with E-state index in [0.29, 0.717) is 37.3 Å². The van der Waals surface area contributed by atoms with E-state index in [1.54, 1.807) is 0 Å². The number of halogens is 1. The topological polar surface area (TPSA) is 92.9 Å². The van der Waals surface area contributed by atoms with Crippen molar-refractivity contribution in [1.82, 2.24) is 4.90 Å². The van der Waals surface area contributed by atoms with E-state index in [1.165, 1.54) is 57.6 Å². The molecule has 1 aromatic carbocycles. The number of carbonyl (C=O) groups is 1. The second kappa shape index (κ2) is 12.6. The molecule has 3 rings (SSSR count). The lowest BCUT2D eigenvalue weighted by molar-refractivity contribution is -0.386. The Morgan fingerprint density at radius 2 is 1.70 bits per heavy atom. The fraction of sp³-hybridized carbons (Fsp3) is 0.720. The van der Waals surface area contributed by atoms with Crippen LogP contribution in [0.15, 0.2) is 12.1 Å². The van der Waals surface area contributed by atoms with Crippen molar-refractivity contribution in [2.24, 2.45) is 0 Å². The van der Waals surface area contributed by atoms with E-state index in [1.807, 2.05) is 0 Å². The molecule has 33 heavy (non-hydrogen) atoms. The van der Waals surface area contributed by atoms with Crippen LogP contribution in [0.2, 0.25) is 5.02 Å². The Morgan fingerprint density at radius 3 is 2.21 bits per heavy atom. The van der Waals surface area contributed by atoms with Gasteiger partial charge in [-0.25, -0.2) is 0 Å². The van der Waals surface area contributed by atoms with E-state index in [9.17, 15) is 20.0 Å². The summed E-state index contributed by atoms with van der Waals surface area (Å²) in [7, 11) is 0. The van der Waals surface area contributed by atoms with E-state index in [2.05, 4.69) is 4.90 Å². The molecule has 0 saturated heterocycles. The van der Waals surface area contributed by atoms with E-state index in [4.69, 9.17) is 16.3 Å². The number of nitro groups is 1. The number of hydrogen-bond acceptors (Lipinski definition) is 5. The zero-order valence-corrected chi connectivity index (χ0v) is 20.4. The first-order valence-corrected chi connectivity index (χ1v) is 12.9. The summed E-state index contributed by atoms with van der Waals surface area (Å²) in [5.41, 5.74) is -0.0522. The lowest BCUT2D eigenvalue weighted by Crippen LogP contribution is -2.48. The predicted molar refractivity (Wildman–Crippen MR) is 129 cm³/mol. The van der Waals surface area contributed by atoms with Crippen LogP contribution in [0.25, 0.3) is 0 Å². The Labute approximate surface area is 201 Å². The van der Waals surface area contributed by atoms with Gasteiger partial charge in [0.2, 0.25) is 5.91 Å². The van der Waals surface area contributed by atoms with Gasteiger partial charge in [-0.15, -0.1) is 0 Å². The highest BCUT2D eigenvalue weighted by molar-refractivity contribution is 6.32. The van der Waals surface area contributed by atoms with E-state index in [-0.39, 0.29) is 22.2 Å². The van der Waals surface area contributed by atoms with Gasteiger partial charge in [-0.2, -0.15) is 0 Å². The second-order valence-electron chi connectivity index (χ2n) is 9.46. The molecule has 1 aromatic rings. The molecule has 0 aromatic heterocycles. The highest BCUT2D eigenvalue weighted by Gasteiger charge is 2.32. The summed E-state index contributed by atoms with van der Waals surface area (Å²) in [5.74, 6) is 0.592. The molecule has 1 N–H and O–H groups in total. The van der Waals surface area contributed by atoms with Crippen molar-refractivity contribution in [2.75, 3.05) is 6.61 Å². The number of hydrogen-bond donors (Lipinski definition) is 1. The van der Waals surface area contributed by atoms with Crippen molar-refractivity contribution in [1.29, 1.82) is 0 Å². The van der Waals surface area contributed by atoms with Crippen LogP contribution in [0.1, 0.15) is 102 Å². The zero-order chi connectivity index (χ0) is 23.8. The van der Waals surface area contributed by atoms with E-state index >= 15 is 0 Å². The third-order valence-corrected chi connectivity index (χ3v) is 7.29. The van der Waals surface area contributed by atoms with Crippen LogP contribution >= 0.6 is 11.6 Å². The lowest BCUT2D eigenvalue weighted by atomic mass is 9.88. The predicted octanol–water partition coefficient (Wildman–Crippen LogP) is 6.34. The van der Waals surface area contributed by atoms with Gasteiger partial charge < -0.3 is 14.7 Å². The molecule has 0 bridgehead atoms. The van der Waals surface area contributed by atoms with Crippen molar-refractivity contribution in [2.45, 2.75) is 109 Å². The molecule has 1 unspecified atom stereocenters. The normalized spacial score (nSPS) is 18.6. The molecule has 0 heterocycles. The monoisotopic (exact) mass is 480 g/mol. The summed E-state index contributed by atoms with van der Waals surface area (Å²) in [6, 6.07) is 3.46. The SMILES string of the molecule is CC(O)c1cc(OCCCCC(=O)N(C2CCCCC2)C2CCCCC2)c(Cl)cc1[N+](=O)[O-]. The number of aliphatic hydroxyl groups excluding tert-OH is 1. The number of unbranched alkanes of at least 4 members (excludes halogenated alkanes) is 1. The summed E-state index contributed by atoms with van der Waals surface area (Å²) in [6.45, 7) is 1.83. The number of ether oxygens (including phenoxy) is 1. The van der Waals surface area contributed by atoms with Crippen molar-refractivity contribution in [3.63, 3.8) is 0 Å². The average Bonchev–Trinajstić information content (AvgIpc) is 2.81. The average molecular weight is 481 g/mol. The zero-order valence-electron chi connectivity index (χ0n) is 19.6. The van der Waals surface area contributed by atoms with Crippen LogP contribution in [-0.4, -0.2) is 39.5 Å². The third kappa shape index (κ3) is 7.06. The number of benzene rings is 1. The Bertz CT molecular complexity index is 786. The van der Waals surface area contributed by atoms with Gasteiger partial charge in [0, 0.05) is 24.6 Å². The number of aliphatic hydroxyl groups is 1. The minimum Gasteiger partial charge on any atom is -0.492 e. The first-order valence-electron chi connectivity index (χ1n) is 12.5. The third-order valence-electron chi connectivity index (χ3n) is 6.99. The summed E-state index contributed by atoms with van der Waals surface area (Å²) in [5, 5.41) is 21.2. The standard InChI is InChI=1S/C25H37ClN2O5/c1-18(29)21-16-24(22(26)17-23(21)28(31)32)33-15-9-8-14-25(30)27(19-10-4-2-5-11-19)20-12-6-3-7-13-20/h16-20,29H,2-15H2,1H3. The Balaban J connectivity index is 1.52. The van der Waals surface area contributed by atoms with E-state index < -0.39 is 11.0 Å². The summed E-state index contributed by atoms with van der Waals surface area (Å²) >= 11 is 6.16. The molecular weight excluding hydrogens is 444 g/mol. The second-order valence-corrected chi connectivity index (χ2v) is 9.87. The molecule has 0 aliphatic heterocycles. The van der Waals surface area contributed by atoms with Crippen molar-refractivity contribution in [3.8, 4) is 5.75 Å². The van der Waals surface area contributed by atoms with Crippen LogP contribution in [0.5, 0.6) is 5.75 Å². The molecule has 0 spiro atoms. The summed E-state index contributed by atoms with van der Waals surface area (Å²) < 4.78 is 5.75. The van der Waals surface area contributed by atoms with Gasteiger partial charge in [0.25, 0.3) is 5.69 Å². The molecule has 1 amide bonds. The van der Waals surface area contributed by atoms with Gasteiger partial charge in [0.05, 0.1) is 28.2 Å².